The van der Waals surface area contributed by atoms with Gasteiger partial charge in [0.1, 0.15) is 6.61 Å². The molecule has 0 spiro atoms. The summed E-state index contributed by atoms with van der Waals surface area (Å²) in [6, 6.07) is -0.626. The second-order valence-electron chi connectivity index (χ2n) is 17.0. The van der Waals surface area contributed by atoms with Crippen LogP contribution in [-0.2, 0) is 28.6 Å². The molecule has 0 aliphatic rings. The Labute approximate surface area is 362 Å². The smallest absolute Gasteiger partial charge is 0.362 e. The van der Waals surface area contributed by atoms with Crippen LogP contribution in [0.15, 0.2) is 60.8 Å². The van der Waals surface area contributed by atoms with Crippen LogP contribution in [0.4, 0.5) is 0 Å². The van der Waals surface area contributed by atoms with Crippen molar-refractivity contribution >= 4 is 17.9 Å². The fourth-order valence-corrected chi connectivity index (χ4v) is 6.67. The molecule has 0 aromatic rings. The minimum Gasteiger partial charge on any atom is -0.477 e. The lowest BCUT2D eigenvalue weighted by Gasteiger charge is -2.31. The number of unbranched alkanes of at least 4 members (excludes halogenated alkanes) is 18. The Morgan fingerprint density at radius 2 is 0.915 bits per heavy atom. The van der Waals surface area contributed by atoms with Crippen LogP contribution in [0.2, 0.25) is 0 Å². The van der Waals surface area contributed by atoms with Crippen LogP contribution in [-0.4, -0.2) is 80.6 Å². The molecular weight excluding hydrogens is 739 g/mol. The van der Waals surface area contributed by atoms with Gasteiger partial charge in [0.05, 0.1) is 34.4 Å². The van der Waals surface area contributed by atoms with Gasteiger partial charge in [0.15, 0.2) is 12.1 Å². The molecule has 2 unspecified atom stereocenters. The third-order valence-corrected chi connectivity index (χ3v) is 10.4. The van der Waals surface area contributed by atoms with Gasteiger partial charge in [-0.3, -0.25) is 9.59 Å². The normalized spacial score (nSPS) is 13.4. The zero-order chi connectivity index (χ0) is 43.5. The number of ether oxygens (including phenoxy) is 3. The van der Waals surface area contributed by atoms with Gasteiger partial charge in [-0.15, -0.1) is 0 Å². The highest BCUT2D eigenvalue weighted by atomic mass is 16.6. The van der Waals surface area contributed by atoms with Crippen molar-refractivity contribution in [1.29, 1.82) is 0 Å². The maximum absolute atomic E-state index is 12.8. The van der Waals surface area contributed by atoms with E-state index in [0.717, 1.165) is 57.8 Å². The van der Waals surface area contributed by atoms with Crippen LogP contribution in [0, 0.1) is 0 Å². The molecule has 0 bridgehead atoms. The first-order valence-corrected chi connectivity index (χ1v) is 23.8. The van der Waals surface area contributed by atoms with E-state index in [1.165, 1.54) is 96.3 Å². The number of hydrogen-bond donors (Lipinski definition) is 1. The third kappa shape index (κ3) is 40.2. The van der Waals surface area contributed by atoms with Crippen molar-refractivity contribution in [3.05, 3.63) is 60.8 Å². The second kappa shape index (κ2) is 41.8. The Balaban J connectivity index is 4.41. The number of allylic oxidation sites excluding steroid dienone is 10. The number of carbonyl (C=O) groups excluding carboxylic acids is 2. The standard InChI is InChI=1S/C51H89NO7/c1-6-8-10-12-14-16-18-20-22-24-26-28-30-32-34-36-38-40-42-50(54)59-47(45-57-44-43-48(51(55)56)52(3,4)5)46-58-49(53)41-39-37-35-33-31-29-27-25-23-21-19-17-15-13-11-9-7-2/h15,17,21,23,26-29,33,35,47-48H,6-14,16,18-20,22,24-25,30-32,34,36-46H2,1-5H3/p+1/b17-15+,23-21+,28-26+,29-27+,35-33+. The fourth-order valence-electron chi connectivity index (χ4n) is 6.67. The molecule has 0 amide bonds. The van der Waals surface area contributed by atoms with E-state index in [4.69, 9.17) is 14.2 Å². The maximum Gasteiger partial charge on any atom is 0.362 e. The van der Waals surface area contributed by atoms with Crippen molar-refractivity contribution < 1.29 is 38.2 Å². The lowest BCUT2D eigenvalue weighted by atomic mass is 10.1. The number of carboxylic acid groups (broad SMARTS) is 1. The van der Waals surface area contributed by atoms with Crippen molar-refractivity contribution in [3.63, 3.8) is 0 Å². The number of aliphatic carboxylic acids is 1. The Hall–Kier alpha value is -2.97. The summed E-state index contributed by atoms with van der Waals surface area (Å²) in [5.74, 6) is -1.55. The topological polar surface area (TPSA) is 99.1 Å². The predicted molar refractivity (Wildman–Crippen MR) is 247 cm³/mol. The van der Waals surface area contributed by atoms with E-state index in [1.807, 2.05) is 21.1 Å². The zero-order valence-electron chi connectivity index (χ0n) is 38.7. The Morgan fingerprint density at radius 1 is 0.508 bits per heavy atom. The molecule has 59 heavy (non-hydrogen) atoms. The van der Waals surface area contributed by atoms with Gasteiger partial charge < -0.3 is 23.8 Å². The Morgan fingerprint density at radius 3 is 1.42 bits per heavy atom. The molecule has 340 valence electrons. The molecule has 8 heteroatoms. The molecular formula is C51H90NO7+. The van der Waals surface area contributed by atoms with Crippen molar-refractivity contribution in [2.24, 2.45) is 0 Å². The van der Waals surface area contributed by atoms with Crippen LogP contribution in [0.5, 0.6) is 0 Å². The number of hydrogen-bond acceptors (Lipinski definition) is 6. The van der Waals surface area contributed by atoms with E-state index in [1.54, 1.807) is 0 Å². The number of carboxylic acids is 1. The van der Waals surface area contributed by atoms with Crippen molar-refractivity contribution in [2.75, 3.05) is 41.0 Å². The maximum atomic E-state index is 12.8. The van der Waals surface area contributed by atoms with Gasteiger partial charge in [-0.25, -0.2) is 4.79 Å². The van der Waals surface area contributed by atoms with Gasteiger partial charge in [-0.05, 0) is 77.0 Å². The number of esters is 2. The first-order chi connectivity index (χ1) is 28.6. The van der Waals surface area contributed by atoms with E-state index >= 15 is 0 Å². The SMILES string of the molecule is CCCCC/C=C/C/C=C/C/C=C/C/C=C/CCCC(=O)OCC(COCCC(C(=O)O)[N+](C)(C)C)OC(=O)CCCCCCC/C=C/CCCCCCCCCCC. The average molecular weight is 829 g/mol. The van der Waals surface area contributed by atoms with Crippen molar-refractivity contribution in [1.82, 2.24) is 0 Å². The van der Waals surface area contributed by atoms with Gasteiger partial charge in [-0.1, -0.05) is 158 Å². The lowest BCUT2D eigenvalue weighted by molar-refractivity contribution is -0.887. The fraction of sp³-hybridized carbons (Fsp3) is 0.745. The number of carbonyl (C=O) groups is 3. The molecule has 0 radical (unpaired) electrons. The molecule has 2 atom stereocenters. The van der Waals surface area contributed by atoms with E-state index in [9.17, 15) is 19.5 Å². The summed E-state index contributed by atoms with van der Waals surface area (Å²) in [4.78, 5) is 37.0. The molecule has 0 aromatic carbocycles. The molecule has 8 nitrogen and oxygen atoms in total. The van der Waals surface area contributed by atoms with Crippen LogP contribution in [0.1, 0.15) is 194 Å². The summed E-state index contributed by atoms with van der Waals surface area (Å²) in [6.07, 6.45) is 51.3. The Bertz CT molecular complexity index is 1150. The van der Waals surface area contributed by atoms with Crippen LogP contribution in [0.3, 0.4) is 0 Å². The van der Waals surface area contributed by atoms with Gasteiger partial charge in [0.25, 0.3) is 0 Å². The zero-order valence-corrected chi connectivity index (χ0v) is 38.7. The highest BCUT2D eigenvalue weighted by Crippen LogP contribution is 2.14. The highest BCUT2D eigenvalue weighted by molar-refractivity contribution is 5.72. The van der Waals surface area contributed by atoms with E-state index in [-0.39, 0.29) is 42.7 Å². The summed E-state index contributed by atoms with van der Waals surface area (Å²) in [6.45, 7) is 4.64. The van der Waals surface area contributed by atoms with E-state index in [0.29, 0.717) is 19.3 Å². The summed E-state index contributed by atoms with van der Waals surface area (Å²) < 4.78 is 17.2. The monoisotopic (exact) mass is 829 g/mol. The molecule has 0 saturated heterocycles. The molecule has 0 saturated carbocycles. The van der Waals surface area contributed by atoms with E-state index < -0.39 is 18.1 Å². The van der Waals surface area contributed by atoms with Gasteiger partial charge in [0, 0.05) is 19.3 Å². The molecule has 0 aromatic heterocycles. The Kier molecular flexibility index (Phi) is 39.6. The molecule has 0 heterocycles. The minimum atomic E-state index is -0.884. The van der Waals surface area contributed by atoms with Crippen LogP contribution >= 0.6 is 0 Å². The number of likely N-dealkylation sites (N-methyl/N-ethyl adjacent to an activating group) is 1. The average Bonchev–Trinajstić information content (AvgIpc) is 3.19. The van der Waals surface area contributed by atoms with Crippen LogP contribution in [0.25, 0.3) is 0 Å². The summed E-state index contributed by atoms with van der Waals surface area (Å²) in [7, 11) is 5.51. The predicted octanol–water partition coefficient (Wildman–Crippen LogP) is 13.4. The minimum absolute atomic E-state index is 0.0391. The molecule has 0 aliphatic carbocycles. The van der Waals surface area contributed by atoms with Gasteiger partial charge in [0.2, 0.25) is 0 Å². The molecule has 0 rings (SSSR count). The first kappa shape index (κ1) is 56.0. The first-order valence-electron chi connectivity index (χ1n) is 23.8. The van der Waals surface area contributed by atoms with Crippen LogP contribution < -0.4 is 0 Å². The third-order valence-electron chi connectivity index (χ3n) is 10.4. The lowest BCUT2D eigenvalue weighted by Crippen LogP contribution is -2.50. The van der Waals surface area contributed by atoms with Crippen molar-refractivity contribution in [2.45, 2.75) is 206 Å². The molecule has 0 fully saturated rings. The second-order valence-corrected chi connectivity index (χ2v) is 17.0. The quantitative estimate of drug-likeness (QED) is 0.0283. The summed E-state index contributed by atoms with van der Waals surface area (Å²) >= 11 is 0. The van der Waals surface area contributed by atoms with Gasteiger partial charge >= 0.3 is 17.9 Å². The number of rotatable bonds is 42. The number of nitrogens with zero attached hydrogens (tertiary/aromatic N) is 1. The van der Waals surface area contributed by atoms with Crippen molar-refractivity contribution in [3.8, 4) is 0 Å². The summed E-state index contributed by atoms with van der Waals surface area (Å²) in [5, 5.41) is 9.63. The molecule has 0 aliphatic heterocycles. The largest absolute Gasteiger partial charge is 0.477 e. The molecule has 1 N–H and O–H groups in total. The number of quaternary nitrogens is 1. The van der Waals surface area contributed by atoms with Gasteiger partial charge in [-0.2, -0.15) is 0 Å². The van der Waals surface area contributed by atoms with E-state index in [2.05, 4.69) is 74.6 Å². The summed E-state index contributed by atoms with van der Waals surface area (Å²) in [5.41, 5.74) is 0. The highest BCUT2D eigenvalue weighted by Gasteiger charge is 2.31.